The highest BCUT2D eigenvalue weighted by atomic mass is 35.5. The Morgan fingerprint density at radius 1 is 1.17 bits per heavy atom. The smallest absolute Gasteiger partial charge is 0.318 e. The van der Waals surface area contributed by atoms with E-state index in [1.165, 1.54) is 0 Å². The summed E-state index contributed by atoms with van der Waals surface area (Å²) >= 11 is 6.56. The minimum absolute atomic E-state index is 0.110. The number of rotatable bonds is 4. The van der Waals surface area contributed by atoms with E-state index in [0.717, 1.165) is 64.6 Å². The summed E-state index contributed by atoms with van der Waals surface area (Å²) < 4.78 is 12.1. The number of aromatic nitrogens is 2. The van der Waals surface area contributed by atoms with Crippen molar-refractivity contribution in [1.82, 2.24) is 15.3 Å². The number of nitrogens with one attached hydrogen (secondary N) is 1. The molecule has 7 heteroatoms. The number of halogens is 1. The summed E-state index contributed by atoms with van der Waals surface area (Å²) in [6.07, 6.45) is 0.558. The van der Waals surface area contributed by atoms with Crippen molar-refractivity contribution < 1.29 is 9.47 Å². The van der Waals surface area contributed by atoms with E-state index in [2.05, 4.69) is 34.5 Å². The Morgan fingerprint density at radius 2 is 1.97 bits per heavy atom. The molecule has 30 heavy (non-hydrogen) atoms. The first kappa shape index (κ1) is 19.5. The normalized spacial score (nSPS) is 19.0. The van der Waals surface area contributed by atoms with Crippen LogP contribution >= 0.6 is 11.6 Å². The lowest BCUT2D eigenvalue weighted by Crippen LogP contribution is -2.44. The minimum Gasteiger partial charge on any atom is -0.464 e. The first-order valence-corrected chi connectivity index (χ1v) is 10.9. The van der Waals surface area contributed by atoms with Crippen molar-refractivity contribution in [2.45, 2.75) is 26.1 Å². The van der Waals surface area contributed by atoms with Crippen LogP contribution < -0.4 is 15.0 Å². The molecular formula is C23H25ClN4O2. The van der Waals surface area contributed by atoms with Gasteiger partial charge in [0, 0.05) is 48.6 Å². The third kappa shape index (κ3) is 3.60. The maximum atomic E-state index is 6.56. The van der Waals surface area contributed by atoms with Crippen LogP contribution in [0.5, 0.6) is 6.01 Å². The van der Waals surface area contributed by atoms with Gasteiger partial charge in [-0.1, -0.05) is 41.9 Å². The maximum Gasteiger partial charge on any atom is 0.318 e. The highest BCUT2D eigenvalue weighted by molar-refractivity contribution is 6.35. The molecule has 0 spiro atoms. The monoisotopic (exact) mass is 424 g/mol. The first-order chi connectivity index (χ1) is 14.7. The van der Waals surface area contributed by atoms with Crippen molar-refractivity contribution in [2.24, 2.45) is 0 Å². The zero-order chi connectivity index (χ0) is 20.5. The second kappa shape index (κ2) is 8.38. The molecule has 2 aliphatic heterocycles. The molecule has 1 atom stereocenters. The van der Waals surface area contributed by atoms with E-state index >= 15 is 0 Å². The number of fused-ring (bicyclic) bond motifs is 2. The Balaban J connectivity index is 1.54. The van der Waals surface area contributed by atoms with Gasteiger partial charge < -0.3 is 19.7 Å². The Labute approximate surface area is 181 Å². The van der Waals surface area contributed by atoms with Gasteiger partial charge >= 0.3 is 6.01 Å². The van der Waals surface area contributed by atoms with E-state index in [-0.39, 0.29) is 6.10 Å². The lowest BCUT2D eigenvalue weighted by Gasteiger charge is -2.33. The molecule has 3 heterocycles. The number of ether oxygens (including phenoxy) is 2. The van der Waals surface area contributed by atoms with Crippen LogP contribution in [0.3, 0.4) is 0 Å². The number of nitrogens with zero attached hydrogens (tertiary/aromatic N) is 3. The fourth-order valence-corrected chi connectivity index (χ4v) is 4.64. The van der Waals surface area contributed by atoms with E-state index in [0.29, 0.717) is 25.6 Å². The Hall–Kier alpha value is -2.41. The summed E-state index contributed by atoms with van der Waals surface area (Å²) in [6.45, 7) is 6.69. The van der Waals surface area contributed by atoms with E-state index in [4.69, 9.17) is 31.0 Å². The second-order valence-electron chi connectivity index (χ2n) is 7.61. The van der Waals surface area contributed by atoms with E-state index < -0.39 is 0 Å². The molecule has 0 aliphatic carbocycles. The molecule has 6 nitrogen and oxygen atoms in total. The van der Waals surface area contributed by atoms with Crippen molar-refractivity contribution in [3.8, 4) is 6.01 Å². The maximum absolute atomic E-state index is 6.56. The second-order valence-corrected chi connectivity index (χ2v) is 8.02. The van der Waals surface area contributed by atoms with Gasteiger partial charge in [0.25, 0.3) is 0 Å². The lowest BCUT2D eigenvalue weighted by molar-refractivity contribution is 0.0266. The third-order valence-corrected chi connectivity index (χ3v) is 6.10. The van der Waals surface area contributed by atoms with Crippen LogP contribution in [0.2, 0.25) is 5.02 Å². The van der Waals surface area contributed by atoms with Gasteiger partial charge in [-0.2, -0.15) is 9.97 Å². The van der Waals surface area contributed by atoms with Crippen LogP contribution in [-0.4, -0.2) is 42.8 Å². The standard InChI is InChI=1S/C23H25ClN4O2/c1-2-29-23-26-19-13-20(16-7-3-5-15-6-4-8-18(24)21(15)16)30-14-17(19)22(27-23)28-11-9-25-10-12-28/h3-8,20,25H,2,9-14H2,1H3/t20-/m0/s1. The first-order valence-electron chi connectivity index (χ1n) is 10.5. The van der Waals surface area contributed by atoms with E-state index in [1.807, 2.05) is 19.1 Å². The molecule has 1 saturated heterocycles. The van der Waals surface area contributed by atoms with E-state index in [9.17, 15) is 0 Å². The SMILES string of the molecule is CCOc1nc2c(c(N3CCNCC3)n1)CO[C@H](c1cccc3cccc(Cl)c13)C2. The van der Waals surface area contributed by atoms with Crippen LogP contribution in [0.4, 0.5) is 5.82 Å². The fourth-order valence-electron chi connectivity index (χ4n) is 4.35. The number of benzene rings is 2. The molecule has 2 aromatic carbocycles. The summed E-state index contributed by atoms with van der Waals surface area (Å²) in [7, 11) is 0. The molecule has 0 amide bonds. The van der Waals surface area contributed by atoms with Crippen molar-refractivity contribution >= 4 is 28.2 Å². The van der Waals surface area contributed by atoms with Gasteiger partial charge in [-0.25, -0.2) is 0 Å². The number of anilines is 1. The summed E-state index contributed by atoms with van der Waals surface area (Å²) in [4.78, 5) is 11.8. The molecule has 5 rings (SSSR count). The zero-order valence-electron chi connectivity index (χ0n) is 17.0. The van der Waals surface area contributed by atoms with Crippen LogP contribution in [0.1, 0.15) is 29.8 Å². The highest BCUT2D eigenvalue weighted by Crippen LogP contribution is 2.39. The Bertz CT molecular complexity index is 1060. The van der Waals surface area contributed by atoms with Crippen LogP contribution in [0.15, 0.2) is 36.4 Å². The molecule has 0 bridgehead atoms. The topological polar surface area (TPSA) is 59.5 Å². The predicted molar refractivity (Wildman–Crippen MR) is 118 cm³/mol. The molecular weight excluding hydrogens is 400 g/mol. The number of hydrogen-bond acceptors (Lipinski definition) is 6. The average molecular weight is 425 g/mol. The molecule has 1 N–H and O–H groups in total. The predicted octanol–water partition coefficient (Wildman–Crippen LogP) is 3.91. The van der Waals surface area contributed by atoms with Gasteiger partial charge in [-0.3, -0.25) is 0 Å². The third-order valence-electron chi connectivity index (χ3n) is 5.78. The molecule has 0 radical (unpaired) electrons. The van der Waals surface area contributed by atoms with Crippen LogP contribution in [0.25, 0.3) is 10.8 Å². The van der Waals surface area contributed by atoms with E-state index in [1.54, 1.807) is 0 Å². The molecule has 1 aromatic heterocycles. The van der Waals surface area contributed by atoms with Crippen molar-refractivity contribution in [1.29, 1.82) is 0 Å². The van der Waals surface area contributed by atoms with Gasteiger partial charge in [0.15, 0.2) is 0 Å². The molecule has 0 unspecified atom stereocenters. The molecule has 156 valence electrons. The number of piperazine rings is 1. The summed E-state index contributed by atoms with van der Waals surface area (Å²) in [5, 5.41) is 6.31. The zero-order valence-corrected chi connectivity index (χ0v) is 17.8. The van der Waals surface area contributed by atoms with Crippen molar-refractivity contribution in [2.75, 3.05) is 37.7 Å². The quantitative estimate of drug-likeness (QED) is 0.685. The van der Waals surface area contributed by atoms with Crippen molar-refractivity contribution in [3.05, 3.63) is 58.2 Å². The summed E-state index contributed by atoms with van der Waals surface area (Å²) in [5.41, 5.74) is 3.18. The molecule has 2 aliphatic rings. The Morgan fingerprint density at radius 3 is 2.77 bits per heavy atom. The summed E-state index contributed by atoms with van der Waals surface area (Å²) in [5.74, 6) is 0.944. The average Bonchev–Trinajstić information content (AvgIpc) is 2.79. The number of hydrogen-bond donors (Lipinski definition) is 1. The van der Waals surface area contributed by atoms with Gasteiger partial charge in [-0.05, 0) is 23.9 Å². The molecule has 0 saturated carbocycles. The lowest BCUT2D eigenvalue weighted by atomic mass is 9.94. The highest BCUT2D eigenvalue weighted by Gasteiger charge is 2.29. The van der Waals surface area contributed by atoms with Gasteiger partial charge in [0.2, 0.25) is 0 Å². The van der Waals surface area contributed by atoms with Crippen LogP contribution in [-0.2, 0) is 17.8 Å². The molecule has 3 aromatic rings. The molecule has 1 fully saturated rings. The van der Waals surface area contributed by atoms with Gasteiger partial charge in [0.05, 0.1) is 25.0 Å². The fraction of sp³-hybridized carbons (Fsp3) is 0.391. The van der Waals surface area contributed by atoms with Crippen LogP contribution in [0, 0.1) is 0 Å². The van der Waals surface area contributed by atoms with Crippen molar-refractivity contribution in [3.63, 3.8) is 0 Å². The minimum atomic E-state index is -0.110. The van der Waals surface area contributed by atoms with Gasteiger partial charge in [-0.15, -0.1) is 0 Å². The Kier molecular flexibility index (Phi) is 5.46. The summed E-state index contributed by atoms with van der Waals surface area (Å²) in [6, 6.07) is 12.7. The van der Waals surface area contributed by atoms with Gasteiger partial charge in [0.1, 0.15) is 5.82 Å². The largest absolute Gasteiger partial charge is 0.464 e.